The molecule has 0 bridgehead atoms. The van der Waals surface area contributed by atoms with Gasteiger partial charge in [0.25, 0.3) is 0 Å². The first-order valence-electron chi connectivity index (χ1n) is 11.3. The van der Waals surface area contributed by atoms with Gasteiger partial charge in [-0.15, -0.1) is 0 Å². The Balaban J connectivity index is 1.95. The first-order chi connectivity index (χ1) is 15.0. The Hall–Kier alpha value is -3.02. The summed E-state index contributed by atoms with van der Waals surface area (Å²) in [7, 11) is 0. The van der Waals surface area contributed by atoms with Crippen LogP contribution in [0.4, 0.5) is 5.69 Å². The molecule has 0 aliphatic carbocycles. The molecule has 32 heavy (non-hydrogen) atoms. The number of fused-ring (bicyclic) bond motifs is 3. The lowest BCUT2D eigenvalue weighted by molar-refractivity contribution is -0.254. The second-order valence-electron chi connectivity index (χ2n) is 9.72. The number of carboxylic acid groups (broad SMARTS) is 1. The summed E-state index contributed by atoms with van der Waals surface area (Å²) in [6, 6.07) is 7.38. The highest BCUT2D eigenvalue weighted by molar-refractivity contribution is 6.17. The number of ether oxygens (including phenoxy) is 2. The van der Waals surface area contributed by atoms with E-state index in [1.807, 2.05) is 26.0 Å². The molecule has 6 heteroatoms. The molecule has 6 nitrogen and oxygen atoms in total. The summed E-state index contributed by atoms with van der Waals surface area (Å²) in [5, 5.41) is 14.8. The van der Waals surface area contributed by atoms with Crippen LogP contribution in [0.5, 0.6) is 11.5 Å². The highest BCUT2D eigenvalue weighted by Crippen LogP contribution is 2.48. The van der Waals surface area contributed by atoms with E-state index in [9.17, 15) is 9.90 Å². The van der Waals surface area contributed by atoms with Crippen molar-refractivity contribution in [3.63, 3.8) is 0 Å². The van der Waals surface area contributed by atoms with Crippen LogP contribution in [0.1, 0.15) is 74.2 Å². The van der Waals surface area contributed by atoms with Gasteiger partial charge in [-0.05, 0) is 65.7 Å². The molecule has 2 heterocycles. The van der Waals surface area contributed by atoms with Crippen molar-refractivity contribution in [1.29, 1.82) is 0 Å². The smallest absolute Gasteiger partial charge is 0.166 e. The number of carboxylic acids is 1. The van der Waals surface area contributed by atoms with E-state index in [0.717, 1.165) is 46.7 Å². The van der Waals surface area contributed by atoms with Gasteiger partial charge in [-0.1, -0.05) is 12.1 Å². The van der Waals surface area contributed by atoms with E-state index >= 15 is 0 Å². The molecule has 2 aliphatic rings. The number of anilines is 1. The molecule has 170 valence electrons. The normalized spacial score (nSPS) is 17.6. The predicted octanol–water partition coefficient (Wildman–Crippen LogP) is 3.77. The van der Waals surface area contributed by atoms with Crippen LogP contribution >= 0.6 is 0 Å². The Morgan fingerprint density at radius 3 is 2.59 bits per heavy atom. The SMILES string of the molecule is CCNc1cc(C2=NC(C)(C)Cc3cc(OCC)c4c(c32)CC(C)(C)O4)ccc1C(=O)[O-]. The van der Waals surface area contributed by atoms with E-state index < -0.39 is 5.97 Å². The molecule has 0 saturated carbocycles. The minimum atomic E-state index is -1.20. The number of carbonyl (C=O) groups excluding carboxylic acids is 1. The highest BCUT2D eigenvalue weighted by Gasteiger charge is 2.39. The van der Waals surface area contributed by atoms with E-state index in [0.29, 0.717) is 18.8 Å². The first-order valence-corrected chi connectivity index (χ1v) is 11.3. The zero-order valence-electron chi connectivity index (χ0n) is 19.7. The molecule has 0 amide bonds. The average Bonchev–Trinajstić information content (AvgIpc) is 3.02. The van der Waals surface area contributed by atoms with Gasteiger partial charge in [0.15, 0.2) is 11.5 Å². The maximum atomic E-state index is 11.6. The maximum absolute atomic E-state index is 11.6. The zero-order chi connectivity index (χ0) is 23.3. The summed E-state index contributed by atoms with van der Waals surface area (Å²) in [5.41, 5.74) is 5.14. The molecule has 0 atom stereocenters. The number of hydrogen-bond donors (Lipinski definition) is 1. The van der Waals surface area contributed by atoms with Crippen LogP contribution < -0.4 is 19.9 Å². The van der Waals surface area contributed by atoms with Gasteiger partial charge in [-0.3, -0.25) is 4.99 Å². The Morgan fingerprint density at radius 2 is 1.94 bits per heavy atom. The van der Waals surface area contributed by atoms with Crippen LogP contribution in [0, 0.1) is 0 Å². The molecule has 0 radical (unpaired) electrons. The minimum Gasteiger partial charge on any atom is -0.545 e. The average molecular weight is 436 g/mol. The summed E-state index contributed by atoms with van der Waals surface area (Å²) in [6.07, 6.45) is 1.54. The van der Waals surface area contributed by atoms with E-state index in [4.69, 9.17) is 14.5 Å². The van der Waals surface area contributed by atoms with E-state index in [1.165, 1.54) is 5.56 Å². The Morgan fingerprint density at radius 1 is 1.19 bits per heavy atom. The Labute approximate surface area is 189 Å². The number of nitrogens with one attached hydrogen (secondary N) is 1. The predicted molar refractivity (Wildman–Crippen MR) is 124 cm³/mol. The molecule has 0 fully saturated rings. The maximum Gasteiger partial charge on any atom is 0.166 e. The lowest BCUT2D eigenvalue weighted by Gasteiger charge is -2.31. The third-order valence-electron chi connectivity index (χ3n) is 5.86. The number of aromatic carboxylic acids is 1. The molecule has 1 N–H and O–H groups in total. The summed E-state index contributed by atoms with van der Waals surface area (Å²) >= 11 is 0. The van der Waals surface area contributed by atoms with Gasteiger partial charge >= 0.3 is 0 Å². The molecule has 2 aliphatic heterocycles. The van der Waals surface area contributed by atoms with Crippen LogP contribution in [0.3, 0.4) is 0 Å². The van der Waals surface area contributed by atoms with Crippen LogP contribution in [-0.4, -0.2) is 36.0 Å². The summed E-state index contributed by atoms with van der Waals surface area (Å²) < 4.78 is 12.3. The van der Waals surface area contributed by atoms with Crippen molar-refractivity contribution >= 4 is 17.4 Å². The van der Waals surface area contributed by atoms with Gasteiger partial charge < -0.3 is 24.7 Å². The number of benzene rings is 2. The number of nitrogens with zero attached hydrogens (tertiary/aromatic N) is 1. The van der Waals surface area contributed by atoms with E-state index in [-0.39, 0.29) is 16.7 Å². The zero-order valence-corrected chi connectivity index (χ0v) is 19.7. The summed E-state index contributed by atoms with van der Waals surface area (Å²) in [5.74, 6) is 0.377. The number of rotatable bonds is 6. The van der Waals surface area contributed by atoms with Crippen molar-refractivity contribution in [2.45, 2.75) is 65.5 Å². The fourth-order valence-corrected chi connectivity index (χ4v) is 4.75. The standard InChI is InChI=1S/C26H32N2O4/c1-7-27-19-11-15(9-10-17(19)24(29)30)22-21-16(13-25(3,4)28-22)12-20(31-8-2)23-18(21)14-26(5,6)32-23/h9-12,27H,7-8,13-14H2,1-6H3,(H,29,30)/p-1. The molecule has 0 saturated heterocycles. The van der Waals surface area contributed by atoms with Crippen LogP contribution in [0.15, 0.2) is 29.3 Å². The van der Waals surface area contributed by atoms with Gasteiger partial charge in [-0.25, -0.2) is 0 Å². The van der Waals surface area contributed by atoms with Gasteiger partial charge in [0.05, 0.1) is 23.8 Å². The largest absolute Gasteiger partial charge is 0.545 e. The Kier molecular flexibility index (Phi) is 5.43. The van der Waals surface area contributed by atoms with Gasteiger partial charge in [-0.2, -0.15) is 0 Å². The van der Waals surface area contributed by atoms with Crippen LogP contribution in [-0.2, 0) is 12.8 Å². The quantitative estimate of drug-likeness (QED) is 0.747. The number of carbonyl (C=O) groups is 1. The third kappa shape index (κ3) is 3.94. The number of aliphatic imine (C=N–C) groups is 1. The second-order valence-corrected chi connectivity index (χ2v) is 9.72. The van der Waals surface area contributed by atoms with Gasteiger partial charge in [0.1, 0.15) is 5.60 Å². The molecule has 2 aromatic carbocycles. The van der Waals surface area contributed by atoms with Crippen molar-refractivity contribution in [3.8, 4) is 11.5 Å². The number of hydrogen-bond acceptors (Lipinski definition) is 6. The van der Waals surface area contributed by atoms with Crippen LogP contribution in [0.25, 0.3) is 0 Å². The monoisotopic (exact) mass is 435 g/mol. The topological polar surface area (TPSA) is 83.0 Å². The molecule has 4 rings (SSSR count). The molecule has 0 spiro atoms. The minimum absolute atomic E-state index is 0.146. The molecule has 0 unspecified atom stereocenters. The van der Waals surface area contributed by atoms with Crippen molar-refractivity contribution < 1.29 is 19.4 Å². The molecular formula is C26H31N2O4-. The first kappa shape index (κ1) is 22.2. The molecular weight excluding hydrogens is 404 g/mol. The van der Waals surface area contributed by atoms with Crippen molar-refractivity contribution in [2.75, 3.05) is 18.5 Å². The van der Waals surface area contributed by atoms with Gasteiger partial charge in [0.2, 0.25) is 0 Å². The fraction of sp³-hybridized carbons (Fsp3) is 0.462. The fourth-order valence-electron chi connectivity index (χ4n) is 4.75. The molecule has 0 aromatic heterocycles. The van der Waals surface area contributed by atoms with E-state index in [2.05, 4.69) is 39.1 Å². The lowest BCUT2D eigenvalue weighted by atomic mass is 9.80. The lowest BCUT2D eigenvalue weighted by Crippen LogP contribution is -2.31. The second kappa shape index (κ2) is 7.84. The van der Waals surface area contributed by atoms with Gasteiger partial charge in [0, 0.05) is 40.9 Å². The highest BCUT2D eigenvalue weighted by atomic mass is 16.5. The summed E-state index contributed by atoms with van der Waals surface area (Å²) in [6.45, 7) is 13.5. The summed E-state index contributed by atoms with van der Waals surface area (Å²) in [4.78, 5) is 16.7. The van der Waals surface area contributed by atoms with Crippen molar-refractivity contribution in [2.24, 2.45) is 4.99 Å². The van der Waals surface area contributed by atoms with Crippen molar-refractivity contribution in [1.82, 2.24) is 0 Å². The molecule has 2 aromatic rings. The van der Waals surface area contributed by atoms with Crippen molar-refractivity contribution in [3.05, 3.63) is 52.1 Å². The van der Waals surface area contributed by atoms with Crippen LogP contribution in [0.2, 0.25) is 0 Å². The Bertz CT molecular complexity index is 1120. The van der Waals surface area contributed by atoms with E-state index in [1.54, 1.807) is 6.07 Å². The third-order valence-corrected chi connectivity index (χ3v) is 5.86.